The topological polar surface area (TPSA) is 0 Å². The maximum absolute atomic E-state index is 2.54. The van der Waals surface area contributed by atoms with Gasteiger partial charge >= 0.3 is 0 Å². The highest BCUT2D eigenvalue weighted by molar-refractivity contribution is 5.39. The third-order valence-corrected chi connectivity index (χ3v) is 4.78. The number of aryl methyl sites for hydroxylation is 1. The van der Waals surface area contributed by atoms with Crippen LogP contribution < -0.4 is 0 Å². The van der Waals surface area contributed by atoms with Gasteiger partial charge in [-0.15, -0.1) is 0 Å². The van der Waals surface area contributed by atoms with Gasteiger partial charge in [0.05, 0.1) is 0 Å². The number of hydrogen-bond acceptors (Lipinski definition) is 0. The lowest BCUT2D eigenvalue weighted by molar-refractivity contribution is 0.388. The molecule has 0 radical (unpaired) electrons. The van der Waals surface area contributed by atoms with E-state index in [2.05, 4.69) is 25.1 Å². The van der Waals surface area contributed by atoms with Gasteiger partial charge in [0, 0.05) is 0 Å². The number of benzene rings is 1. The molecule has 0 heterocycles. The van der Waals surface area contributed by atoms with Crippen molar-refractivity contribution in [3.8, 4) is 0 Å². The molecule has 2 aliphatic rings. The summed E-state index contributed by atoms with van der Waals surface area (Å²) < 4.78 is 0. The van der Waals surface area contributed by atoms with Crippen LogP contribution in [-0.4, -0.2) is 0 Å². The predicted octanol–water partition coefficient (Wildman–Crippen LogP) is 5.17. The lowest BCUT2D eigenvalue weighted by atomic mass is 9.71. The fourth-order valence-electron chi connectivity index (χ4n) is 3.23. The van der Waals surface area contributed by atoms with Crippen molar-refractivity contribution in [2.24, 2.45) is 0 Å². The molecule has 0 atom stereocenters. The lowest BCUT2D eigenvalue weighted by Gasteiger charge is -2.34. The van der Waals surface area contributed by atoms with Gasteiger partial charge in [-0.05, 0) is 60.6 Å². The molecule has 0 amide bonds. The summed E-state index contributed by atoms with van der Waals surface area (Å²) in [5, 5.41) is 0. The fraction of sp³-hybridized carbons (Fsp3) is 0.647. The summed E-state index contributed by atoms with van der Waals surface area (Å²) in [7, 11) is 0. The molecule has 0 unspecified atom stereocenters. The van der Waals surface area contributed by atoms with Gasteiger partial charge in [-0.1, -0.05) is 44.4 Å². The van der Waals surface area contributed by atoms with E-state index >= 15 is 0 Å². The van der Waals surface area contributed by atoms with E-state index in [-0.39, 0.29) is 0 Å². The van der Waals surface area contributed by atoms with Crippen LogP contribution in [0.4, 0.5) is 0 Å². The third-order valence-electron chi connectivity index (χ3n) is 4.78. The molecule has 0 nitrogen and oxygen atoms in total. The van der Waals surface area contributed by atoms with Crippen LogP contribution in [0.15, 0.2) is 18.2 Å². The highest BCUT2D eigenvalue weighted by atomic mass is 14.3. The Hall–Kier alpha value is -0.780. The van der Waals surface area contributed by atoms with Gasteiger partial charge in [-0.25, -0.2) is 0 Å². The first-order valence-electron chi connectivity index (χ1n) is 7.51. The van der Waals surface area contributed by atoms with Crippen LogP contribution in [0.3, 0.4) is 0 Å². The van der Waals surface area contributed by atoms with E-state index in [0.717, 1.165) is 11.8 Å². The largest absolute Gasteiger partial charge is 0.0651 e. The Labute approximate surface area is 105 Å². The number of rotatable bonds is 4. The summed E-state index contributed by atoms with van der Waals surface area (Å²) in [5.41, 5.74) is 5.00. The van der Waals surface area contributed by atoms with E-state index < -0.39 is 0 Å². The van der Waals surface area contributed by atoms with Gasteiger partial charge in [0.1, 0.15) is 0 Å². The maximum atomic E-state index is 2.54. The monoisotopic (exact) mass is 228 g/mol. The Morgan fingerprint density at radius 3 is 2.12 bits per heavy atom. The molecule has 0 heteroatoms. The maximum Gasteiger partial charge on any atom is -0.0159 e. The molecule has 0 saturated heterocycles. The zero-order valence-electron chi connectivity index (χ0n) is 11.0. The Morgan fingerprint density at radius 1 is 0.941 bits per heavy atom. The molecule has 1 aromatic carbocycles. The van der Waals surface area contributed by atoms with E-state index in [4.69, 9.17) is 0 Å². The van der Waals surface area contributed by atoms with Crippen molar-refractivity contribution in [2.45, 2.75) is 70.1 Å². The smallest absolute Gasteiger partial charge is 0.0159 e. The summed E-state index contributed by atoms with van der Waals surface area (Å²) >= 11 is 0. The first-order valence-corrected chi connectivity index (χ1v) is 7.51. The van der Waals surface area contributed by atoms with Crippen LogP contribution in [0.1, 0.15) is 80.4 Å². The SMILES string of the molecule is CCCc1ccc(C2CCC2)c(C2CCC2)c1. The van der Waals surface area contributed by atoms with Gasteiger partial charge in [0.15, 0.2) is 0 Å². The molecule has 0 spiro atoms. The molecule has 2 fully saturated rings. The van der Waals surface area contributed by atoms with Crippen molar-refractivity contribution in [3.63, 3.8) is 0 Å². The second-order valence-electron chi connectivity index (χ2n) is 5.97. The predicted molar refractivity (Wildman–Crippen MR) is 73.6 cm³/mol. The average Bonchev–Trinajstić information content (AvgIpc) is 2.17. The molecule has 0 N–H and O–H groups in total. The minimum atomic E-state index is 0.904. The van der Waals surface area contributed by atoms with E-state index in [1.54, 1.807) is 16.7 Å². The van der Waals surface area contributed by atoms with Crippen molar-refractivity contribution in [3.05, 3.63) is 34.9 Å². The van der Waals surface area contributed by atoms with E-state index in [9.17, 15) is 0 Å². The van der Waals surface area contributed by atoms with Crippen LogP contribution in [0.25, 0.3) is 0 Å². The fourth-order valence-corrected chi connectivity index (χ4v) is 3.23. The van der Waals surface area contributed by atoms with Gasteiger partial charge < -0.3 is 0 Å². The van der Waals surface area contributed by atoms with Crippen molar-refractivity contribution in [2.75, 3.05) is 0 Å². The Balaban J connectivity index is 1.89. The molecule has 1 aromatic rings. The van der Waals surface area contributed by atoms with Crippen molar-refractivity contribution in [1.82, 2.24) is 0 Å². The van der Waals surface area contributed by atoms with E-state index in [1.165, 1.54) is 51.4 Å². The third kappa shape index (κ3) is 2.14. The molecule has 3 rings (SSSR count). The summed E-state index contributed by atoms with van der Waals surface area (Å²) in [6, 6.07) is 7.39. The van der Waals surface area contributed by atoms with Gasteiger partial charge in [0.25, 0.3) is 0 Å². The van der Waals surface area contributed by atoms with E-state index in [0.29, 0.717) is 0 Å². The summed E-state index contributed by atoms with van der Waals surface area (Å²) in [6.45, 7) is 2.28. The van der Waals surface area contributed by atoms with Gasteiger partial charge in [0.2, 0.25) is 0 Å². The summed E-state index contributed by atoms with van der Waals surface area (Å²) in [5.74, 6) is 1.81. The molecule has 0 aliphatic heterocycles. The molecule has 17 heavy (non-hydrogen) atoms. The lowest BCUT2D eigenvalue weighted by Crippen LogP contribution is -2.17. The normalized spacial score (nSPS) is 21.0. The van der Waals surface area contributed by atoms with Crippen molar-refractivity contribution < 1.29 is 0 Å². The highest BCUT2D eigenvalue weighted by Gasteiger charge is 2.28. The summed E-state index contributed by atoms with van der Waals surface area (Å²) in [6.07, 6.45) is 11.2. The zero-order chi connectivity index (χ0) is 11.7. The molecule has 2 saturated carbocycles. The van der Waals surface area contributed by atoms with Crippen LogP contribution in [-0.2, 0) is 6.42 Å². The first kappa shape index (κ1) is 11.3. The Morgan fingerprint density at radius 2 is 1.59 bits per heavy atom. The highest BCUT2D eigenvalue weighted by Crippen LogP contribution is 2.45. The Bertz CT molecular complexity index is 383. The molecule has 0 aromatic heterocycles. The standard InChI is InChI=1S/C17H24/c1-2-5-13-10-11-16(14-6-3-7-14)17(12-13)15-8-4-9-15/h10-12,14-15H,2-9H2,1H3. The van der Waals surface area contributed by atoms with Crippen molar-refractivity contribution >= 4 is 0 Å². The van der Waals surface area contributed by atoms with Crippen molar-refractivity contribution in [1.29, 1.82) is 0 Å². The Kier molecular flexibility index (Phi) is 3.22. The molecular weight excluding hydrogens is 204 g/mol. The van der Waals surface area contributed by atoms with E-state index in [1.807, 2.05) is 0 Å². The molecular formula is C17H24. The van der Waals surface area contributed by atoms with Crippen LogP contribution >= 0.6 is 0 Å². The van der Waals surface area contributed by atoms with Gasteiger partial charge in [-0.2, -0.15) is 0 Å². The first-order chi connectivity index (χ1) is 8.38. The van der Waals surface area contributed by atoms with Crippen LogP contribution in [0.5, 0.6) is 0 Å². The quantitative estimate of drug-likeness (QED) is 0.666. The van der Waals surface area contributed by atoms with Gasteiger partial charge in [-0.3, -0.25) is 0 Å². The molecule has 2 aliphatic carbocycles. The minimum Gasteiger partial charge on any atom is -0.0651 e. The zero-order valence-corrected chi connectivity index (χ0v) is 11.0. The molecule has 92 valence electrons. The van der Waals surface area contributed by atoms with Crippen LogP contribution in [0.2, 0.25) is 0 Å². The number of hydrogen-bond donors (Lipinski definition) is 0. The second kappa shape index (κ2) is 4.84. The average molecular weight is 228 g/mol. The van der Waals surface area contributed by atoms with Crippen LogP contribution in [0, 0.1) is 0 Å². The minimum absolute atomic E-state index is 0.904. The summed E-state index contributed by atoms with van der Waals surface area (Å²) in [4.78, 5) is 0. The molecule has 0 bridgehead atoms. The second-order valence-corrected chi connectivity index (χ2v) is 5.97.